The molecule has 0 fully saturated rings. The Bertz CT molecular complexity index is 234. The summed E-state index contributed by atoms with van der Waals surface area (Å²) in [5.74, 6) is 0.278. The van der Waals surface area contributed by atoms with E-state index in [0.29, 0.717) is 19.3 Å². The van der Waals surface area contributed by atoms with E-state index in [0.717, 1.165) is 0 Å². The minimum atomic E-state index is -4.38. The van der Waals surface area contributed by atoms with Crippen LogP contribution in [0.2, 0.25) is 0 Å². The lowest BCUT2D eigenvalue weighted by Crippen LogP contribution is -2.20. The molecule has 0 heterocycles. The Kier molecular flexibility index (Phi) is 6.26. The SMILES string of the molecule is CC(C)C[C@H](CCCO)OS(=O)(=O)O. The predicted octanol–water partition coefficient (Wildman–Crippen LogP) is 0.993. The second kappa shape index (κ2) is 6.34. The first-order valence-corrected chi connectivity index (χ1v) is 5.98. The van der Waals surface area contributed by atoms with Gasteiger partial charge in [-0.25, -0.2) is 4.18 Å². The molecule has 0 aromatic rings. The van der Waals surface area contributed by atoms with Gasteiger partial charge in [-0.2, -0.15) is 8.42 Å². The van der Waals surface area contributed by atoms with Crippen molar-refractivity contribution in [2.45, 2.75) is 39.2 Å². The molecule has 0 amide bonds. The van der Waals surface area contributed by atoms with Crippen LogP contribution in [-0.4, -0.2) is 30.8 Å². The van der Waals surface area contributed by atoms with Gasteiger partial charge in [0.2, 0.25) is 0 Å². The molecule has 0 aliphatic rings. The molecular formula is C8H18O5S. The number of hydrogen-bond donors (Lipinski definition) is 2. The largest absolute Gasteiger partial charge is 0.397 e. The lowest BCUT2D eigenvalue weighted by Gasteiger charge is -2.16. The van der Waals surface area contributed by atoms with Gasteiger partial charge in [-0.3, -0.25) is 4.55 Å². The van der Waals surface area contributed by atoms with Crippen molar-refractivity contribution in [3.63, 3.8) is 0 Å². The molecule has 0 rings (SSSR count). The van der Waals surface area contributed by atoms with Crippen LogP contribution in [0.1, 0.15) is 33.1 Å². The summed E-state index contributed by atoms with van der Waals surface area (Å²) in [6.07, 6.45) is 0.887. The molecule has 0 aromatic heterocycles. The molecule has 1 atom stereocenters. The molecule has 6 heteroatoms. The quantitative estimate of drug-likeness (QED) is 0.632. The Morgan fingerprint density at radius 2 is 1.93 bits per heavy atom. The number of rotatable bonds is 7. The molecule has 0 aliphatic heterocycles. The van der Waals surface area contributed by atoms with Crippen LogP contribution >= 0.6 is 0 Å². The van der Waals surface area contributed by atoms with Gasteiger partial charge in [-0.05, 0) is 25.2 Å². The molecule has 0 saturated heterocycles. The van der Waals surface area contributed by atoms with Crippen molar-refractivity contribution in [1.29, 1.82) is 0 Å². The standard InChI is InChI=1S/C8H18O5S/c1-7(2)6-8(4-3-5-9)13-14(10,11)12/h7-9H,3-6H2,1-2H3,(H,10,11,12)/t8-/m0/s1. The van der Waals surface area contributed by atoms with E-state index in [-0.39, 0.29) is 12.5 Å². The van der Waals surface area contributed by atoms with Crippen molar-refractivity contribution in [2.24, 2.45) is 5.92 Å². The Balaban J connectivity index is 4.10. The van der Waals surface area contributed by atoms with E-state index < -0.39 is 16.5 Å². The third-order valence-electron chi connectivity index (χ3n) is 1.68. The Hall–Kier alpha value is -0.170. The molecule has 0 aromatic carbocycles. The van der Waals surface area contributed by atoms with Gasteiger partial charge in [0.05, 0.1) is 6.10 Å². The minimum Gasteiger partial charge on any atom is -0.396 e. The van der Waals surface area contributed by atoms with Gasteiger partial charge in [-0.1, -0.05) is 13.8 Å². The van der Waals surface area contributed by atoms with Gasteiger partial charge in [0, 0.05) is 6.61 Å². The first-order valence-electron chi connectivity index (χ1n) is 4.61. The first-order chi connectivity index (χ1) is 6.35. The molecular weight excluding hydrogens is 208 g/mol. The molecule has 0 unspecified atom stereocenters. The third kappa shape index (κ3) is 8.43. The fourth-order valence-corrected chi connectivity index (χ4v) is 1.74. The summed E-state index contributed by atoms with van der Waals surface area (Å²) in [5, 5.41) is 8.58. The molecule has 2 N–H and O–H groups in total. The van der Waals surface area contributed by atoms with Gasteiger partial charge in [0.15, 0.2) is 0 Å². The highest BCUT2D eigenvalue weighted by Crippen LogP contribution is 2.15. The normalized spacial score (nSPS) is 14.6. The van der Waals surface area contributed by atoms with Gasteiger partial charge >= 0.3 is 10.4 Å². The summed E-state index contributed by atoms with van der Waals surface area (Å²) in [5.41, 5.74) is 0. The summed E-state index contributed by atoms with van der Waals surface area (Å²) in [7, 11) is -4.38. The highest BCUT2D eigenvalue weighted by molar-refractivity contribution is 7.80. The van der Waals surface area contributed by atoms with Crippen LogP contribution < -0.4 is 0 Å². The third-order valence-corrected chi connectivity index (χ3v) is 2.19. The van der Waals surface area contributed by atoms with Crippen LogP contribution in [0, 0.1) is 5.92 Å². The molecule has 5 nitrogen and oxygen atoms in total. The smallest absolute Gasteiger partial charge is 0.396 e. The van der Waals surface area contributed by atoms with E-state index in [2.05, 4.69) is 4.18 Å². The van der Waals surface area contributed by atoms with Crippen LogP contribution in [0.5, 0.6) is 0 Å². The van der Waals surface area contributed by atoms with Crippen LogP contribution in [-0.2, 0) is 14.6 Å². The van der Waals surface area contributed by atoms with Gasteiger partial charge in [-0.15, -0.1) is 0 Å². The zero-order valence-corrected chi connectivity index (χ0v) is 9.33. The highest BCUT2D eigenvalue weighted by Gasteiger charge is 2.17. The lowest BCUT2D eigenvalue weighted by molar-refractivity contribution is 0.139. The topological polar surface area (TPSA) is 83.8 Å². The fraction of sp³-hybridized carbons (Fsp3) is 1.00. The zero-order valence-electron chi connectivity index (χ0n) is 8.51. The van der Waals surface area contributed by atoms with E-state index >= 15 is 0 Å². The van der Waals surface area contributed by atoms with Crippen molar-refractivity contribution in [3.05, 3.63) is 0 Å². The van der Waals surface area contributed by atoms with E-state index in [9.17, 15) is 8.42 Å². The first kappa shape index (κ1) is 13.8. The van der Waals surface area contributed by atoms with Crippen LogP contribution in [0.4, 0.5) is 0 Å². The number of aliphatic hydroxyl groups excluding tert-OH is 1. The van der Waals surface area contributed by atoms with Crippen LogP contribution in [0.3, 0.4) is 0 Å². The molecule has 14 heavy (non-hydrogen) atoms. The van der Waals surface area contributed by atoms with E-state index in [4.69, 9.17) is 9.66 Å². The molecule has 0 spiro atoms. The average molecular weight is 226 g/mol. The van der Waals surface area contributed by atoms with Crippen molar-refractivity contribution in [1.82, 2.24) is 0 Å². The Labute approximate surface area is 85.0 Å². The highest BCUT2D eigenvalue weighted by atomic mass is 32.3. The van der Waals surface area contributed by atoms with Crippen molar-refractivity contribution < 1.29 is 22.3 Å². The van der Waals surface area contributed by atoms with E-state index in [1.165, 1.54) is 0 Å². The second-order valence-electron chi connectivity index (χ2n) is 3.64. The van der Waals surface area contributed by atoms with Crippen LogP contribution in [0.15, 0.2) is 0 Å². The van der Waals surface area contributed by atoms with Gasteiger partial charge < -0.3 is 5.11 Å². The van der Waals surface area contributed by atoms with Crippen molar-refractivity contribution in [2.75, 3.05) is 6.61 Å². The van der Waals surface area contributed by atoms with Gasteiger partial charge in [0.1, 0.15) is 0 Å². The Morgan fingerprint density at radius 1 is 1.36 bits per heavy atom. The predicted molar refractivity (Wildman–Crippen MR) is 52.2 cm³/mol. The van der Waals surface area contributed by atoms with E-state index in [1.807, 2.05) is 13.8 Å². The van der Waals surface area contributed by atoms with Gasteiger partial charge in [0.25, 0.3) is 0 Å². The number of hydrogen-bond acceptors (Lipinski definition) is 4. The maximum atomic E-state index is 10.5. The summed E-state index contributed by atoms with van der Waals surface area (Å²) >= 11 is 0. The zero-order chi connectivity index (χ0) is 11.2. The van der Waals surface area contributed by atoms with E-state index in [1.54, 1.807) is 0 Å². The molecule has 0 radical (unpaired) electrons. The summed E-state index contributed by atoms with van der Waals surface area (Å²) in [6.45, 7) is 3.85. The average Bonchev–Trinajstić information content (AvgIpc) is 1.96. The summed E-state index contributed by atoms with van der Waals surface area (Å²) in [4.78, 5) is 0. The summed E-state index contributed by atoms with van der Waals surface area (Å²) in [6, 6.07) is 0. The minimum absolute atomic E-state index is 0.0105. The maximum Gasteiger partial charge on any atom is 0.397 e. The fourth-order valence-electron chi connectivity index (χ4n) is 1.22. The number of aliphatic hydroxyl groups is 1. The summed E-state index contributed by atoms with van der Waals surface area (Å²) < 4.78 is 33.9. The van der Waals surface area contributed by atoms with Crippen molar-refractivity contribution >= 4 is 10.4 Å². The lowest BCUT2D eigenvalue weighted by atomic mass is 10.0. The maximum absolute atomic E-state index is 10.5. The Morgan fingerprint density at radius 3 is 2.29 bits per heavy atom. The van der Waals surface area contributed by atoms with Crippen LogP contribution in [0.25, 0.3) is 0 Å². The second-order valence-corrected chi connectivity index (χ2v) is 4.69. The van der Waals surface area contributed by atoms with Crippen molar-refractivity contribution in [3.8, 4) is 0 Å². The molecule has 0 saturated carbocycles. The monoisotopic (exact) mass is 226 g/mol. The molecule has 0 aliphatic carbocycles. The molecule has 0 bridgehead atoms. The molecule has 86 valence electrons.